The highest BCUT2D eigenvalue weighted by Gasteiger charge is 2.34. The molecule has 2 fully saturated rings. The molecule has 25 heavy (non-hydrogen) atoms. The van der Waals surface area contributed by atoms with E-state index in [1.54, 1.807) is 4.31 Å². The van der Waals surface area contributed by atoms with Crippen LogP contribution >= 0.6 is 0 Å². The minimum Gasteiger partial charge on any atom is -0.357 e. The lowest BCUT2D eigenvalue weighted by Gasteiger charge is -2.29. The van der Waals surface area contributed by atoms with Crippen LogP contribution in [0.25, 0.3) is 0 Å². The Hall–Kier alpha value is -0.820. The second-order valence-electron chi connectivity index (χ2n) is 8.00. The molecular weight excluding hydrogens is 336 g/mol. The van der Waals surface area contributed by atoms with E-state index in [0.717, 1.165) is 25.5 Å². The first-order valence-electron chi connectivity index (χ1n) is 9.87. The molecule has 0 aromatic heterocycles. The summed E-state index contributed by atoms with van der Waals surface area (Å²) in [6.07, 6.45) is 7.18. The van der Waals surface area contributed by atoms with E-state index in [1.807, 2.05) is 0 Å². The predicted octanol–water partition coefficient (Wildman–Crippen LogP) is 2.18. The summed E-state index contributed by atoms with van der Waals surface area (Å²) in [5.74, 6) is 1.80. The fraction of sp³-hybridized carbons (Fsp3) is 0.944. The smallest absolute Gasteiger partial charge is 0.214 e. The van der Waals surface area contributed by atoms with E-state index < -0.39 is 10.0 Å². The van der Waals surface area contributed by atoms with E-state index in [-0.39, 0.29) is 0 Å². The number of rotatable bonds is 8. The zero-order valence-electron chi connectivity index (χ0n) is 16.2. The van der Waals surface area contributed by atoms with Gasteiger partial charge < -0.3 is 10.6 Å². The fourth-order valence-electron chi connectivity index (χ4n) is 4.25. The number of aliphatic imine (C=N–C) groups is 1. The van der Waals surface area contributed by atoms with Crippen LogP contribution in [-0.2, 0) is 10.0 Å². The Balaban J connectivity index is 1.89. The molecule has 1 saturated heterocycles. The SMILES string of the molecule is CCNC(=NCC1(CC(C)C)CCCC1)NCCN1CCCS1(=O)=O. The number of hydrogen-bond acceptors (Lipinski definition) is 3. The van der Waals surface area contributed by atoms with Crippen LogP contribution in [0.15, 0.2) is 4.99 Å². The van der Waals surface area contributed by atoms with E-state index in [1.165, 1.54) is 32.1 Å². The van der Waals surface area contributed by atoms with Crippen molar-refractivity contribution in [3.8, 4) is 0 Å². The van der Waals surface area contributed by atoms with Crippen molar-refractivity contribution in [1.29, 1.82) is 0 Å². The van der Waals surface area contributed by atoms with Crippen molar-refractivity contribution in [1.82, 2.24) is 14.9 Å². The summed E-state index contributed by atoms with van der Waals surface area (Å²) in [4.78, 5) is 4.85. The molecule has 6 nitrogen and oxygen atoms in total. The molecule has 0 amide bonds. The third-order valence-corrected chi connectivity index (χ3v) is 7.24. The zero-order chi connectivity index (χ0) is 18.3. The monoisotopic (exact) mass is 372 g/mol. The minimum atomic E-state index is -3.01. The third-order valence-electron chi connectivity index (χ3n) is 5.28. The van der Waals surface area contributed by atoms with Gasteiger partial charge in [-0.3, -0.25) is 4.99 Å². The lowest BCUT2D eigenvalue weighted by Crippen LogP contribution is -2.42. The van der Waals surface area contributed by atoms with Crippen molar-refractivity contribution >= 4 is 16.0 Å². The van der Waals surface area contributed by atoms with E-state index in [2.05, 4.69) is 31.4 Å². The highest BCUT2D eigenvalue weighted by molar-refractivity contribution is 7.89. The second-order valence-corrected chi connectivity index (χ2v) is 10.1. The van der Waals surface area contributed by atoms with Gasteiger partial charge >= 0.3 is 0 Å². The van der Waals surface area contributed by atoms with Gasteiger partial charge in [0.15, 0.2) is 5.96 Å². The molecule has 1 aliphatic carbocycles. The molecule has 2 rings (SSSR count). The largest absolute Gasteiger partial charge is 0.357 e. The maximum absolute atomic E-state index is 11.9. The molecule has 0 spiro atoms. The highest BCUT2D eigenvalue weighted by atomic mass is 32.2. The van der Waals surface area contributed by atoms with Crippen molar-refractivity contribution in [3.05, 3.63) is 0 Å². The molecule has 0 atom stereocenters. The minimum absolute atomic E-state index is 0.291. The van der Waals surface area contributed by atoms with E-state index >= 15 is 0 Å². The molecule has 0 unspecified atom stereocenters. The van der Waals surface area contributed by atoms with Crippen molar-refractivity contribution in [2.45, 2.75) is 59.3 Å². The number of nitrogens with zero attached hydrogens (tertiary/aromatic N) is 2. The quantitative estimate of drug-likeness (QED) is 0.506. The second kappa shape index (κ2) is 9.21. The molecule has 7 heteroatoms. The maximum Gasteiger partial charge on any atom is 0.214 e. The van der Waals surface area contributed by atoms with Gasteiger partial charge in [-0.2, -0.15) is 0 Å². The van der Waals surface area contributed by atoms with Crippen LogP contribution in [0.3, 0.4) is 0 Å². The van der Waals surface area contributed by atoms with Gasteiger partial charge in [0.1, 0.15) is 0 Å². The lowest BCUT2D eigenvalue weighted by atomic mass is 9.78. The molecule has 0 aromatic carbocycles. The van der Waals surface area contributed by atoms with Gasteiger partial charge in [0, 0.05) is 32.7 Å². The first-order valence-corrected chi connectivity index (χ1v) is 11.5. The first kappa shape index (κ1) is 20.5. The Morgan fingerprint density at radius 3 is 2.48 bits per heavy atom. The summed E-state index contributed by atoms with van der Waals surface area (Å²) in [6, 6.07) is 0. The van der Waals surface area contributed by atoms with Crippen LogP contribution < -0.4 is 10.6 Å². The Kier molecular flexibility index (Phi) is 7.55. The number of guanidine groups is 1. The average Bonchev–Trinajstić information content (AvgIpc) is 3.11. The van der Waals surface area contributed by atoms with Gasteiger partial charge in [-0.05, 0) is 43.9 Å². The summed E-state index contributed by atoms with van der Waals surface area (Å²) < 4.78 is 25.3. The van der Waals surface area contributed by atoms with Crippen molar-refractivity contribution in [2.75, 3.05) is 38.5 Å². The summed E-state index contributed by atoms with van der Waals surface area (Å²) in [5.41, 5.74) is 0.356. The third kappa shape index (κ3) is 6.13. The Morgan fingerprint density at radius 2 is 1.92 bits per heavy atom. The van der Waals surface area contributed by atoms with Gasteiger partial charge in [-0.1, -0.05) is 26.7 Å². The van der Waals surface area contributed by atoms with Crippen molar-refractivity contribution in [3.63, 3.8) is 0 Å². The molecule has 1 saturated carbocycles. The first-order chi connectivity index (χ1) is 11.9. The van der Waals surface area contributed by atoms with Crippen LogP contribution in [0.4, 0.5) is 0 Å². The Bertz CT molecular complexity index is 539. The average molecular weight is 373 g/mol. The highest BCUT2D eigenvalue weighted by Crippen LogP contribution is 2.43. The zero-order valence-corrected chi connectivity index (χ0v) is 17.0. The van der Waals surface area contributed by atoms with Crippen molar-refractivity contribution < 1.29 is 8.42 Å². The molecular formula is C18H36N4O2S. The normalized spacial score (nSPS) is 23.3. The van der Waals surface area contributed by atoms with E-state index in [0.29, 0.717) is 36.7 Å². The maximum atomic E-state index is 11.9. The fourth-order valence-corrected chi connectivity index (χ4v) is 5.78. The molecule has 1 heterocycles. The summed E-state index contributed by atoms with van der Waals surface area (Å²) in [5, 5.41) is 6.61. The molecule has 2 aliphatic rings. The lowest BCUT2D eigenvalue weighted by molar-refractivity contribution is 0.245. The van der Waals surface area contributed by atoms with Gasteiger partial charge in [0.25, 0.3) is 0 Å². The van der Waals surface area contributed by atoms with Gasteiger partial charge in [0.2, 0.25) is 10.0 Å². The number of nitrogens with one attached hydrogen (secondary N) is 2. The standard InChI is InChI=1S/C18H36N4O2S/c1-4-19-17(20-10-12-22-11-7-13-25(22,23)24)21-15-18(14-16(2)3)8-5-6-9-18/h16H,4-15H2,1-3H3,(H2,19,20,21). The Morgan fingerprint density at radius 1 is 1.20 bits per heavy atom. The van der Waals surface area contributed by atoms with Crippen molar-refractivity contribution in [2.24, 2.45) is 16.3 Å². The molecule has 1 aliphatic heterocycles. The topological polar surface area (TPSA) is 73.8 Å². The van der Waals surface area contributed by atoms with Gasteiger partial charge in [-0.25, -0.2) is 12.7 Å². The van der Waals surface area contributed by atoms with Crippen LogP contribution in [0.2, 0.25) is 0 Å². The van der Waals surface area contributed by atoms with Crippen LogP contribution in [-0.4, -0.2) is 57.2 Å². The summed E-state index contributed by atoms with van der Waals surface area (Å²) >= 11 is 0. The van der Waals surface area contributed by atoms with Crippen LogP contribution in [0.1, 0.15) is 59.3 Å². The van der Waals surface area contributed by atoms with Crippen LogP contribution in [0.5, 0.6) is 0 Å². The summed E-state index contributed by atoms with van der Waals surface area (Å²) in [6.45, 7) is 10.1. The van der Waals surface area contributed by atoms with Gasteiger partial charge in [-0.15, -0.1) is 0 Å². The summed E-state index contributed by atoms with van der Waals surface area (Å²) in [7, 11) is -3.01. The Labute approximate surface area is 153 Å². The van der Waals surface area contributed by atoms with E-state index in [9.17, 15) is 8.42 Å². The molecule has 0 bridgehead atoms. The van der Waals surface area contributed by atoms with Gasteiger partial charge in [0.05, 0.1) is 5.75 Å². The molecule has 2 N–H and O–H groups in total. The molecule has 0 aromatic rings. The molecule has 146 valence electrons. The number of hydrogen-bond donors (Lipinski definition) is 2. The predicted molar refractivity (Wildman–Crippen MR) is 104 cm³/mol. The van der Waals surface area contributed by atoms with Crippen LogP contribution in [0, 0.1) is 11.3 Å². The number of sulfonamides is 1. The van der Waals surface area contributed by atoms with E-state index in [4.69, 9.17) is 4.99 Å². The molecule has 0 radical (unpaired) electrons.